The van der Waals surface area contributed by atoms with E-state index in [4.69, 9.17) is 37.0 Å². The number of hydrogen-bond acceptors (Lipinski definition) is 15. The Morgan fingerprint density at radius 1 is 0.296 bits per heavy atom. The van der Waals surface area contributed by atoms with Crippen molar-refractivity contribution in [2.45, 2.75) is 329 Å². The van der Waals surface area contributed by atoms with Gasteiger partial charge in [0.05, 0.1) is 26.4 Å². The Morgan fingerprint density at radius 3 is 0.898 bits per heavy atom. The fraction of sp³-hybridized carbons (Fsp3) is 0.722. The molecule has 0 rings (SSSR count). The molecule has 0 bridgehead atoms. The van der Waals surface area contributed by atoms with Crippen LogP contribution in [0.15, 0.2) is 109 Å². The van der Waals surface area contributed by atoms with Crippen molar-refractivity contribution in [3.8, 4) is 0 Å². The van der Waals surface area contributed by atoms with Crippen LogP contribution in [-0.4, -0.2) is 96.7 Å². The van der Waals surface area contributed by atoms with Gasteiger partial charge < -0.3 is 33.8 Å². The van der Waals surface area contributed by atoms with Crippen LogP contribution < -0.4 is 0 Å². The molecule has 0 saturated heterocycles. The largest absolute Gasteiger partial charge is 0.472 e. The monoisotopic (exact) mass is 1420 g/mol. The third kappa shape index (κ3) is 70.2. The maximum Gasteiger partial charge on any atom is 0.472 e. The molecule has 564 valence electrons. The average Bonchev–Trinajstić information content (AvgIpc) is 0.983. The van der Waals surface area contributed by atoms with E-state index in [2.05, 4.69) is 137 Å². The number of hydrogen-bond donors (Lipinski definition) is 3. The summed E-state index contributed by atoms with van der Waals surface area (Å²) in [6, 6.07) is 0. The number of phosphoric ester groups is 2. The van der Waals surface area contributed by atoms with Gasteiger partial charge in [0.25, 0.3) is 0 Å². The number of allylic oxidation sites excluding steroid dienone is 18. The van der Waals surface area contributed by atoms with Gasteiger partial charge in [0.15, 0.2) is 12.2 Å². The van der Waals surface area contributed by atoms with E-state index in [-0.39, 0.29) is 25.7 Å². The topological polar surface area (TPSA) is 237 Å². The second kappa shape index (κ2) is 71.1. The Kier molecular flexibility index (Phi) is 68.0. The van der Waals surface area contributed by atoms with Crippen molar-refractivity contribution < 1.29 is 80.2 Å². The summed E-state index contributed by atoms with van der Waals surface area (Å²) in [5.41, 5.74) is 0. The highest BCUT2D eigenvalue weighted by atomic mass is 31.2. The number of carbonyl (C=O) groups is 4. The first kappa shape index (κ1) is 93.7. The summed E-state index contributed by atoms with van der Waals surface area (Å²) in [6.07, 6.45) is 75.1. The van der Waals surface area contributed by atoms with Crippen LogP contribution in [0, 0.1) is 0 Å². The van der Waals surface area contributed by atoms with Gasteiger partial charge >= 0.3 is 39.5 Å². The molecular formula is C79H136O17P2. The SMILES string of the molecule is CC/C=C\C/C=C\C/C=C\CCCCCCCC(=O)OCC(COP(=O)(O)OCC(O)COP(=O)(O)OCC(COC(=O)CCCCCCCC/C=C\C/C=C\C/C=C\CCCCC)OC(=O)CCCCCCC/C=C\CCCC)OC(=O)CCCCCCC/C=C\C/C=C\CCC. The van der Waals surface area contributed by atoms with E-state index in [0.29, 0.717) is 25.7 Å². The Balaban J connectivity index is 5.32. The fourth-order valence-corrected chi connectivity index (χ4v) is 11.4. The van der Waals surface area contributed by atoms with Gasteiger partial charge in [0.2, 0.25) is 0 Å². The van der Waals surface area contributed by atoms with E-state index in [9.17, 15) is 43.2 Å². The van der Waals surface area contributed by atoms with Gasteiger partial charge in [-0.1, -0.05) is 253 Å². The van der Waals surface area contributed by atoms with Crippen LogP contribution in [0.5, 0.6) is 0 Å². The van der Waals surface area contributed by atoms with Crippen LogP contribution in [0.1, 0.15) is 310 Å². The number of phosphoric acid groups is 2. The number of rotatable bonds is 71. The first-order valence-corrected chi connectivity index (χ1v) is 41.1. The Bertz CT molecular complexity index is 2290. The molecule has 3 N–H and O–H groups in total. The number of carbonyl (C=O) groups excluding carboxylic acids is 4. The summed E-state index contributed by atoms with van der Waals surface area (Å²) in [4.78, 5) is 72.8. The van der Waals surface area contributed by atoms with Crippen molar-refractivity contribution >= 4 is 39.5 Å². The summed E-state index contributed by atoms with van der Waals surface area (Å²) in [6.45, 7) is 4.57. The lowest BCUT2D eigenvalue weighted by Crippen LogP contribution is -2.30. The summed E-state index contributed by atoms with van der Waals surface area (Å²) in [5, 5.41) is 10.6. The predicted octanol–water partition coefficient (Wildman–Crippen LogP) is 21.8. The smallest absolute Gasteiger partial charge is 0.462 e. The van der Waals surface area contributed by atoms with Crippen LogP contribution >= 0.6 is 15.6 Å². The number of unbranched alkanes of at least 4 members (excludes halogenated alkanes) is 27. The normalized spacial score (nSPS) is 14.6. The minimum absolute atomic E-state index is 0.0734. The molecule has 0 aromatic carbocycles. The molecule has 19 heteroatoms. The fourth-order valence-electron chi connectivity index (χ4n) is 9.85. The lowest BCUT2D eigenvalue weighted by molar-refractivity contribution is -0.161. The molecule has 0 spiro atoms. The van der Waals surface area contributed by atoms with Gasteiger partial charge in [0.1, 0.15) is 19.3 Å². The van der Waals surface area contributed by atoms with Crippen molar-refractivity contribution in [3.63, 3.8) is 0 Å². The zero-order chi connectivity index (χ0) is 71.8. The highest BCUT2D eigenvalue weighted by Gasteiger charge is 2.30. The van der Waals surface area contributed by atoms with Crippen LogP contribution in [0.3, 0.4) is 0 Å². The summed E-state index contributed by atoms with van der Waals surface area (Å²) >= 11 is 0. The number of esters is 4. The molecule has 5 atom stereocenters. The highest BCUT2D eigenvalue weighted by molar-refractivity contribution is 7.47. The quantitative estimate of drug-likeness (QED) is 0.0169. The van der Waals surface area contributed by atoms with E-state index < -0.39 is 97.5 Å². The standard InChI is InChI=1S/C79H136O17P2/c1-5-9-13-17-21-25-29-32-34-35-36-37-39-42-45-48-52-56-60-64-77(82)89-69-74(95-78(83)65-61-57-53-49-43-28-24-20-16-12-8-4)71-93-97(85,86)91-67-73(80)68-92-98(87,88)94-72-75(96-79(84)66-62-58-54-50-46-40-31-27-23-19-15-11-7-3)70-90-76(81)63-59-55-51-47-44-41-38-33-30-26-22-18-14-10-6-2/h10,14-15,19-22,24-27,31-34,36-38,73-75,80H,5-9,11-13,16-18,23,28-30,35,39-72H2,1-4H3,(H,85,86)(H,87,88)/b14-10-,19-15-,24-20-,25-21-,26-22-,31-27-,34-32-,37-36-,38-33-. The van der Waals surface area contributed by atoms with E-state index in [0.717, 1.165) is 199 Å². The van der Waals surface area contributed by atoms with E-state index in [1.54, 1.807) is 0 Å². The van der Waals surface area contributed by atoms with Crippen molar-refractivity contribution in [2.75, 3.05) is 39.6 Å². The van der Waals surface area contributed by atoms with Gasteiger partial charge in [-0.2, -0.15) is 0 Å². The molecule has 0 aliphatic heterocycles. The lowest BCUT2D eigenvalue weighted by atomic mass is 10.1. The van der Waals surface area contributed by atoms with E-state index in [1.165, 1.54) is 32.1 Å². The first-order valence-electron chi connectivity index (χ1n) is 38.1. The Morgan fingerprint density at radius 2 is 0.561 bits per heavy atom. The Labute approximate surface area is 594 Å². The number of aliphatic hydroxyl groups is 1. The van der Waals surface area contributed by atoms with Gasteiger partial charge in [-0.05, 0) is 141 Å². The van der Waals surface area contributed by atoms with E-state index in [1.807, 2.05) is 0 Å². The van der Waals surface area contributed by atoms with Crippen molar-refractivity contribution in [1.29, 1.82) is 0 Å². The third-order valence-corrected chi connectivity index (χ3v) is 17.6. The van der Waals surface area contributed by atoms with Crippen molar-refractivity contribution in [2.24, 2.45) is 0 Å². The zero-order valence-corrected chi connectivity index (χ0v) is 63.2. The third-order valence-electron chi connectivity index (χ3n) is 15.7. The van der Waals surface area contributed by atoms with Crippen molar-refractivity contribution in [1.82, 2.24) is 0 Å². The lowest BCUT2D eigenvalue weighted by Gasteiger charge is -2.21. The molecule has 0 radical (unpaired) electrons. The van der Waals surface area contributed by atoms with Crippen LogP contribution in [0.4, 0.5) is 0 Å². The number of ether oxygens (including phenoxy) is 4. The predicted molar refractivity (Wildman–Crippen MR) is 399 cm³/mol. The summed E-state index contributed by atoms with van der Waals surface area (Å²) < 4.78 is 68.4. The molecular weight excluding hydrogens is 1280 g/mol. The summed E-state index contributed by atoms with van der Waals surface area (Å²) in [7, 11) is -9.96. The molecule has 0 heterocycles. The molecule has 0 amide bonds. The van der Waals surface area contributed by atoms with Crippen molar-refractivity contribution in [3.05, 3.63) is 109 Å². The molecule has 0 aliphatic carbocycles. The zero-order valence-electron chi connectivity index (χ0n) is 61.4. The van der Waals surface area contributed by atoms with Gasteiger partial charge in [-0.25, -0.2) is 9.13 Å². The van der Waals surface area contributed by atoms with E-state index >= 15 is 0 Å². The molecule has 0 saturated carbocycles. The van der Waals surface area contributed by atoms with Crippen LogP contribution in [0.2, 0.25) is 0 Å². The summed E-state index contributed by atoms with van der Waals surface area (Å²) in [5.74, 6) is -2.23. The second-order valence-corrected chi connectivity index (χ2v) is 28.1. The maximum atomic E-state index is 13.1. The first-order chi connectivity index (χ1) is 47.7. The second-order valence-electron chi connectivity index (χ2n) is 25.2. The van der Waals surface area contributed by atoms with Gasteiger partial charge in [-0.15, -0.1) is 0 Å². The average molecular weight is 1420 g/mol. The van der Waals surface area contributed by atoms with Crippen LogP contribution in [-0.2, 0) is 65.4 Å². The van der Waals surface area contributed by atoms with Gasteiger partial charge in [-0.3, -0.25) is 37.3 Å². The molecule has 0 aromatic rings. The molecule has 0 aromatic heterocycles. The number of aliphatic hydroxyl groups excluding tert-OH is 1. The molecule has 98 heavy (non-hydrogen) atoms. The highest BCUT2D eigenvalue weighted by Crippen LogP contribution is 2.45. The van der Waals surface area contributed by atoms with Gasteiger partial charge in [0, 0.05) is 25.7 Å². The molecule has 0 fully saturated rings. The molecule has 5 unspecified atom stereocenters. The minimum atomic E-state index is -4.98. The minimum Gasteiger partial charge on any atom is -0.462 e. The maximum absolute atomic E-state index is 13.1. The molecule has 0 aliphatic rings. The Hall–Kier alpha value is -4.28. The van der Waals surface area contributed by atoms with Crippen LogP contribution in [0.25, 0.3) is 0 Å². The molecule has 17 nitrogen and oxygen atoms in total.